The van der Waals surface area contributed by atoms with Crippen molar-refractivity contribution in [1.82, 2.24) is 0 Å². The van der Waals surface area contributed by atoms with E-state index in [0.29, 0.717) is 6.61 Å². The molecule has 0 aliphatic rings. The Balaban J connectivity index is 2.46. The second-order valence-electron chi connectivity index (χ2n) is 4.20. The van der Waals surface area contributed by atoms with Crippen molar-refractivity contribution in [2.45, 2.75) is 26.5 Å². The summed E-state index contributed by atoms with van der Waals surface area (Å²) in [6.45, 7) is 4.40. The van der Waals surface area contributed by atoms with Crippen molar-refractivity contribution in [3.8, 4) is 0 Å². The number of likely N-dealkylation sites (N-methyl/N-ethyl adjacent to an activating group) is 1. The zero-order valence-corrected chi connectivity index (χ0v) is 10.1. The van der Waals surface area contributed by atoms with E-state index in [-0.39, 0.29) is 17.9 Å². The minimum Gasteiger partial charge on any atom is -0.456 e. The molecule has 0 radical (unpaired) electrons. The van der Waals surface area contributed by atoms with Gasteiger partial charge in [-0.15, -0.1) is 0 Å². The first-order chi connectivity index (χ1) is 7.65. The fourth-order valence-corrected chi connectivity index (χ4v) is 1.62. The Morgan fingerprint density at radius 3 is 2.44 bits per heavy atom. The molecule has 0 amide bonds. The van der Waals surface area contributed by atoms with E-state index in [1.54, 1.807) is 0 Å². The van der Waals surface area contributed by atoms with Crippen LogP contribution < -0.4 is 5.32 Å². The van der Waals surface area contributed by atoms with Crippen LogP contribution in [0.3, 0.4) is 0 Å². The van der Waals surface area contributed by atoms with Crippen LogP contribution in [0.15, 0.2) is 30.3 Å². The molecule has 3 nitrogen and oxygen atoms in total. The van der Waals surface area contributed by atoms with Crippen LogP contribution in [0.5, 0.6) is 0 Å². The number of rotatable bonds is 5. The van der Waals surface area contributed by atoms with Crippen molar-refractivity contribution in [3.63, 3.8) is 0 Å². The van der Waals surface area contributed by atoms with Gasteiger partial charge < -0.3 is 10.1 Å². The van der Waals surface area contributed by atoms with Crippen molar-refractivity contribution in [3.05, 3.63) is 35.9 Å². The van der Waals surface area contributed by atoms with Crippen LogP contribution in [0.25, 0.3) is 0 Å². The third-order valence-corrected chi connectivity index (χ3v) is 2.57. The zero-order valence-electron chi connectivity index (χ0n) is 10.1. The molecule has 0 heterocycles. The topological polar surface area (TPSA) is 42.9 Å². The smallest absolute Gasteiger partial charge is 0.365 e. The highest BCUT2D eigenvalue weighted by Gasteiger charge is 2.25. The molecule has 3 heteroatoms. The monoisotopic (exact) mass is 222 g/mol. The molecule has 16 heavy (non-hydrogen) atoms. The van der Waals surface area contributed by atoms with Crippen molar-refractivity contribution in [1.29, 1.82) is 0 Å². The Hall–Kier alpha value is -1.35. The minimum atomic E-state index is -0.138. The first kappa shape index (κ1) is 12.7. The highest BCUT2D eigenvalue weighted by Crippen LogP contribution is 2.04. The van der Waals surface area contributed by atoms with Crippen LogP contribution in [0.1, 0.15) is 19.4 Å². The molecule has 88 valence electrons. The van der Waals surface area contributed by atoms with E-state index in [2.05, 4.69) is 0 Å². The Morgan fingerprint density at radius 2 is 1.94 bits per heavy atom. The van der Waals surface area contributed by atoms with Gasteiger partial charge in [-0.25, -0.2) is 4.79 Å². The number of esters is 1. The van der Waals surface area contributed by atoms with Crippen LogP contribution in [0.2, 0.25) is 0 Å². The molecule has 2 N–H and O–H groups in total. The van der Waals surface area contributed by atoms with E-state index in [1.807, 2.05) is 56.5 Å². The van der Waals surface area contributed by atoms with E-state index in [4.69, 9.17) is 4.74 Å². The quantitative estimate of drug-likeness (QED) is 0.754. The van der Waals surface area contributed by atoms with Gasteiger partial charge in [0.05, 0.1) is 7.05 Å². The summed E-state index contributed by atoms with van der Waals surface area (Å²) in [6, 6.07) is 9.62. The van der Waals surface area contributed by atoms with Crippen LogP contribution in [0, 0.1) is 5.92 Å². The zero-order chi connectivity index (χ0) is 12.0. The molecule has 0 aromatic heterocycles. The average Bonchev–Trinajstić information content (AvgIpc) is 2.28. The maximum atomic E-state index is 11.7. The van der Waals surface area contributed by atoms with Gasteiger partial charge in [0.1, 0.15) is 6.61 Å². The standard InChI is InChI=1S/C13H19NO2/c1-10(2)12(14-3)13(15)16-9-11-7-5-4-6-8-11/h4-8,10,12,14H,9H2,1-3H3/p+1/t12-/m0/s1. The predicted molar refractivity (Wildman–Crippen MR) is 62.7 cm³/mol. The summed E-state index contributed by atoms with van der Waals surface area (Å²) in [6.07, 6.45) is 0. The molecule has 0 bridgehead atoms. The summed E-state index contributed by atoms with van der Waals surface area (Å²) >= 11 is 0. The lowest BCUT2D eigenvalue weighted by Crippen LogP contribution is -2.89. The second kappa shape index (κ2) is 6.28. The molecule has 0 spiro atoms. The number of hydrogen-bond acceptors (Lipinski definition) is 2. The highest BCUT2D eigenvalue weighted by atomic mass is 16.5. The third-order valence-electron chi connectivity index (χ3n) is 2.57. The lowest BCUT2D eigenvalue weighted by molar-refractivity contribution is -0.657. The molecule has 0 unspecified atom stereocenters. The maximum absolute atomic E-state index is 11.7. The van der Waals surface area contributed by atoms with Crippen molar-refractivity contribution < 1.29 is 14.8 Å². The molecule has 0 aliphatic carbocycles. The summed E-state index contributed by atoms with van der Waals surface area (Å²) in [7, 11) is 1.90. The molecular weight excluding hydrogens is 202 g/mol. The number of benzene rings is 1. The average molecular weight is 222 g/mol. The number of carbonyl (C=O) groups excluding carboxylic acids is 1. The van der Waals surface area contributed by atoms with E-state index in [9.17, 15) is 4.79 Å². The largest absolute Gasteiger partial charge is 0.456 e. The Labute approximate surface area is 96.8 Å². The fraction of sp³-hybridized carbons (Fsp3) is 0.462. The summed E-state index contributed by atoms with van der Waals surface area (Å²) in [5.41, 5.74) is 1.02. The Morgan fingerprint density at radius 1 is 1.31 bits per heavy atom. The van der Waals surface area contributed by atoms with Gasteiger partial charge in [0.25, 0.3) is 0 Å². The summed E-state index contributed by atoms with van der Waals surface area (Å²) in [5.74, 6) is 0.148. The number of carbonyl (C=O) groups is 1. The molecule has 0 saturated heterocycles. The second-order valence-corrected chi connectivity index (χ2v) is 4.20. The van der Waals surface area contributed by atoms with Gasteiger partial charge in [-0.2, -0.15) is 0 Å². The van der Waals surface area contributed by atoms with Gasteiger partial charge in [0.15, 0.2) is 6.04 Å². The first-order valence-electron chi connectivity index (χ1n) is 5.65. The van der Waals surface area contributed by atoms with Crippen LogP contribution in [0.4, 0.5) is 0 Å². The molecule has 1 aromatic carbocycles. The molecule has 0 aliphatic heterocycles. The van der Waals surface area contributed by atoms with E-state index < -0.39 is 0 Å². The summed E-state index contributed by atoms with van der Waals surface area (Å²) < 4.78 is 5.27. The van der Waals surface area contributed by atoms with Crippen molar-refractivity contribution in [2.24, 2.45) is 5.92 Å². The van der Waals surface area contributed by atoms with Crippen LogP contribution >= 0.6 is 0 Å². The van der Waals surface area contributed by atoms with Gasteiger partial charge in [-0.1, -0.05) is 44.2 Å². The van der Waals surface area contributed by atoms with Gasteiger partial charge in [-0.3, -0.25) is 0 Å². The van der Waals surface area contributed by atoms with Gasteiger partial charge in [0.2, 0.25) is 0 Å². The van der Waals surface area contributed by atoms with Gasteiger partial charge in [-0.05, 0) is 5.56 Å². The van der Waals surface area contributed by atoms with Gasteiger partial charge in [0, 0.05) is 5.92 Å². The molecule has 0 saturated carbocycles. The summed E-state index contributed by atoms with van der Waals surface area (Å²) in [5, 5.41) is 1.90. The fourth-order valence-electron chi connectivity index (χ4n) is 1.62. The van der Waals surface area contributed by atoms with Crippen LogP contribution in [-0.4, -0.2) is 19.1 Å². The highest BCUT2D eigenvalue weighted by molar-refractivity contribution is 5.74. The maximum Gasteiger partial charge on any atom is 0.365 e. The first-order valence-corrected chi connectivity index (χ1v) is 5.65. The number of nitrogens with two attached hydrogens (primary N) is 1. The molecule has 1 rings (SSSR count). The van der Waals surface area contributed by atoms with E-state index in [1.165, 1.54) is 0 Å². The lowest BCUT2D eigenvalue weighted by Gasteiger charge is -2.15. The molecular formula is C13H20NO2+. The normalized spacial score (nSPS) is 12.5. The van der Waals surface area contributed by atoms with Crippen molar-refractivity contribution >= 4 is 5.97 Å². The SMILES string of the molecule is C[NH2+][C@H](C(=O)OCc1ccccc1)C(C)C. The third kappa shape index (κ3) is 3.66. The molecule has 1 atom stereocenters. The van der Waals surface area contributed by atoms with E-state index >= 15 is 0 Å². The molecule has 0 fully saturated rings. The number of ether oxygens (including phenoxy) is 1. The molecule has 1 aromatic rings. The lowest BCUT2D eigenvalue weighted by atomic mass is 10.1. The number of quaternary nitrogens is 1. The summed E-state index contributed by atoms with van der Waals surface area (Å²) in [4.78, 5) is 11.7. The Bertz CT molecular complexity index is 322. The van der Waals surface area contributed by atoms with Gasteiger partial charge >= 0.3 is 5.97 Å². The van der Waals surface area contributed by atoms with Crippen LogP contribution in [-0.2, 0) is 16.1 Å². The number of hydrogen-bond donors (Lipinski definition) is 1. The predicted octanol–water partition coefficient (Wildman–Crippen LogP) is 0.948. The van der Waals surface area contributed by atoms with E-state index in [0.717, 1.165) is 5.56 Å². The van der Waals surface area contributed by atoms with Crippen molar-refractivity contribution in [2.75, 3.05) is 7.05 Å². The Kier molecular flexibility index (Phi) is 4.99. The minimum absolute atomic E-state index is 0.108.